The molecule has 0 spiro atoms. The van der Waals surface area contributed by atoms with E-state index in [9.17, 15) is 4.79 Å². The average Bonchev–Trinajstić information content (AvgIpc) is 3.13. The summed E-state index contributed by atoms with van der Waals surface area (Å²) < 4.78 is 1.88. The molecule has 0 aliphatic carbocycles. The molecule has 0 radical (unpaired) electrons. The molecule has 2 N–H and O–H groups in total. The molecule has 1 heterocycles. The zero-order chi connectivity index (χ0) is 19.9. The number of nitrogens with zero attached hydrogens (tertiary/aromatic N) is 2. The van der Waals surface area contributed by atoms with Gasteiger partial charge < -0.3 is 10.6 Å². The molecular weight excluding hydrogens is 407 g/mol. The second-order valence-corrected chi connectivity index (χ2v) is 7.23. The molecule has 5 nitrogen and oxygen atoms in total. The molecule has 0 saturated carbocycles. The fourth-order valence-corrected chi connectivity index (χ4v) is 3.18. The van der Waals surface area contributed by atoms with Crippen LogP contribution in [0, 0.1) is 5.92 Å². The molecule has 2 aromatic carbocycles. The number of amides is 1. The monoisotopic (exact) mass is 432 g/mol. The van der Waals surface area contributed by atoms with Crippen LogP contribution in [-0.4, -0.2) is 35.8 Å². The first-order valence-corrected chi connectivity index (χ1v) is 9.78. The first-order valence-electron chi connectivity index (χ1n) is 9.40. The molecule has 1 unspecified atom stereocenters. The Balaban J connectivity index is 0.00000300. The Kier molecular flexibility index (Phi) is 8.70. The lowest BCUT2D eigenvalue weighted by Gasteiger charge is -2.11. The average molecular weight is 433 g/mol. The van der Waals surface area contributed by atoms with E-state index in [-0.39, 0.29) is 24.2 Å². The Bertz CT molecular complexity index is 910. The number of aromatic nitrogens is 2. The normalized spacial score (nSPS) is 11.6. The third kappa shape index (κ3) is 6.07. The van der Waals surface area contributed by atoms with Gasteiger partial charge in [0.2, 0.25) is 5.91 Å². The van der Waals surface area contributed by atoms with Gasteiger partial charge in [-0.2, -0.15) is 5.10 Å². The predicted molar refractivity (Wildman–Crippen MR) is 121 cm³/mol. The first-order chi connectivity index (χ1) is 13.6. The zero-order valence-corrected chi connectivity index (χ0v) is 18.1. The maximum Gasteiger partial charge on any atom is 0.224 e. The molecule has 0 fully saturated rings. The molecule has 1 atom stereocenters. The summed E-state index contributed by atoms with van der Waals surface area (Å²) >= 11 is 6.04. The minimum absolute atomic E-state index is 0. The van der Waals surface area contributed by atoms with Crippen molar-refractivity contribution in [2.75, 3.05) is 20.1 Å². The van der Waals surface area contributed by atoms with E-state index in [2.05, 4.69) is 10.6 Å². The van der Waals surface area contributed by atoms with Gasteiger partial charge in [-0.15, -0.1) is 12.4 Å². The molecule has 0 aliphatic heterocycles. The van der Waals surface area contributed by atoms with Crippen LogP contribution in [0.1, 0.15) is 12.5 Å². The van der Waals surface area contributed by atoms with Crippen LogP contribution in [0.4, 0.5) is 0 Å². The van der Waals surface area contributed by atoms with Crippen LogP contribution in [0.2, 0.25) is 5.02 Å². The number of hydrogen-bond donors (Lipinski definition) is 2. The molecule has 0 bridgehead atoms. The Morgan fingerprint density at radius 1 is 1.14 bits per heavy atom. The van der Waals surface area contributed by atoms with Crippen molar-refractivity contribution in [3.63, 3.8) is 0 Å². The van der Waals surface area contributed by atoms with Gasteiger partial charge in [0.25, 0.3) is 0 Å². The van der Waals surface area contributed by atoms with Gasteiger partial charge in [-0.25, -0.2) is 4.68 Å². The number of nitrogens with one attached hydrogen (secondary N) is 2. The molecule has 3 rings (SSSR count). The van der Waals surface area contributed by atoms with Crippen molar-refractivity contribution in [1.29, 1.82) is 0 Å². The highest BCUT2D eigenvalue weighted by Gasteiger charge is 2.14. The Morgan fingerprint density at radius 2 is 1.83 bits per heavy atom. The quantitative estimate of drug-likeness (QED) is 0.562. The van der Waals surface area contributed by atoms with E-state index in [0.717, 1.165) is 22.5 Å². The molecule has 7 heteroatoms. The van der Waals surface area contributed by atoms with Crippen molar-refractivity contribution < 1.29 is 4.79 Å². The van der Waals surface area contributed by atoms with Gasteiger partial charge in [-0.3, -0.25) is 4.79 Å². The minimum Gasteiger partial charge on any atom is -0.355 e. The number of rotatable bonds is 8. The summed E-state index contributed by atoms with van der Waals surface area (Å²) in [6, 6.07) is 17.7. The summed E-state index contributed by atoms with van der Waals surface area (Å²) in [5, 5.41) is 11.5. The predicted octanol–water partition coefficient (Wildman–Crippen LogP) is 4.13. The summed E-state index contributed by atoms with van der Waals surface area (Å²) in [6.45, 7) is 3.14. The van der Waals surface area contributed by atoms with Gasteiger partial charge in [0.1, 0.15) is 0 Å². The largest absolute Gasteiger partial charge is 0.355 e. The van der Waals surface area contributed by atoms with Gasteiger partial charge in [-0.1, -0.05) is 48.9 Å². The number of halogens is 2. The van der Waals surface area contributed by atoms with Crippen molar-refractivity contribution >= 4 is 29.9 Å². The maximum atomic E-state index is 12.2. The van der Waals surface area contributed by atoms with Gasteiger partial charge >= 0.3 is 0 Å². The third-order valence-corrected chi connectivity index (χ3v) is 4.83. The third-order valence-electron chi connectivity index (χ3n) is 4.58. The molecule has 0 saturated heterocycles. The lowest BCUT2D eigenvalue weighted by atomic mass is 10.1. The molecule has 29 heavy (non-hydrogen) atoms. The topological polar surface area (TPSA) is 59.0 Å². The van der Waals surface area contributed by atoms with Crippen molar-refractivity contribution in [1.82, 2.24) is 20.4 Å². The van der Waals surface area contributed by atoms with E-state index in [1.165, 1.54) is 0 Å². The summed E-state index contributed by atoms with van der Waals surface area (Å²) in [5.41, 5.74) is 3.98. The molecule has 1 amide bonds. The second kappa shape index (κ2) is 11.0. The van der Waals surface area contributed by atoms with E-state index in [0.29, 0.717) is 24.5 Å². The summed E-state index contributed by atoms with van der Waals surface area (Å²) in [5.74, 6) is -0.00868. The number of hydrogen-bond acceptors (Lipinski definition) is 3. The van der Waals surface area contributed by atoms with E-state index in [1.54, 1.807) is 0 Å². The van der Waals surface area contributed by atoms with Crippen LogP contribution in [-0.2, 0) is 11.2 Å². The summed E-state index contributed by atoms with van der Waals surface area (Å²) in [6.07, 6.45) is 2.73. The fraction of sp³-hybridized carbons (Fsp3) is 0.273. The van der Waals surface area contributed by atoms with Gasteiger partial charge in [0, 0.05) is 41.4 Å². The Morgan fingerprint density at radius 3 is 2.48 bits per heavy atom. The second-order valence-electron chi connectivity index (χ2n) is 6.79. The molecule has 3 aromatic rings. The van der Waals surface area contributed by atoms with Crippen molar-refractivity contribution in [2.24, 2.45) is 5.92 Å². The fourth-order valence-electron chi connectivity index (χ4n) is 3.05. The minimum atomic E-state index is -0.0622. The standard InChI is InChI=1S/C22H25ClN4O.ClH/c1-16(14-24-2)22(28)25-13-12-18-15-27(20-6-4-3-5-7-20)26-21(18)17-8-10-19(23)11-9-17;/h3-11,15-16,24H,12-14H2,1-2H3,(H,25,28);1H. The van der Waals surface area contributed by atoms with Gasteiger partial charge in [-0.05, 0) is 37.7 Å². The maximum absolute atomic E-state index is 12.2. The number of benzene rings is 2. The zero-order valence-electron chi connectivity index (χ0n) is 16.6. The van der Waals surface area contributed by atoms with E-state index < -0.39 is 0 Å². The molecule has 154 valence electrons. The molecule has 0 aliphatic rings. The smallest absolute Gasteiger partial charge is 0.224 e. The highest BCUT2D eigenvalue weighted by atomic mass is 35.5. The summed E-state index contributed by atoms with van der Waals surface area (Å²) in [7, 11) is 1.85. The lowest BCUT2D eigenvalue weighted by molar-refractivity contribution is -0.124. The van der Waals surface area contributed by atoms with Crippen molar-refractivity contribution in [2.45, 2.75) is 13.3 Å². The molecule has 1 aromatic heterocycles. The van der Waals surface area contributed by atoms with Crippen LogP contribution in [0.25, 0.3) is 16.9 Å². The molecular formula is C22H26Cl2N4O. The van der Waals surface area contributed by atoms with E-state index in [4.69, 9.17) is 16.7 Å². The van der Waals surface area contributed by atoms with Gasteiger partial charge in [0.05, 0.1) is 11.4 Å². The van der Waals surface area contributed by atoms with Crippen LogP contribution in [0.3, 0.4) is 0 Å². The van der Waals surface area contributed by atoms with Crippen molar-refractivity contribution in [3.8, 4) is 16.9 Å². The summed E-state index contributed by atoms with van der Waals surface area (Å²) in [4.78, 5) is 12.2. The Labute approximate surface area is 182 Å². The van der Waals surface area contributed by atoms with Crippen LogP contribution >= 0.6 is 24.0 Å². The lowest BCUT2D eigenvalue weighted by Crippen LogP contribution is -2.35. The van der Waals surface area contributed by atoms with Crippen molar-refractivity contribution in [3.05, 3.63) is 71.4 Å². The highest BCUT2D eigenvalue weighted by Crippen LogP contribution is 2.25. The SMILES string of the molecule is CNCC(C)C(=O)NCCc1cn(-c2ccccc2)nc1-c1ccc(Cl)cc1.Cl. The van der Waals surface area contributed by atoms with Crippen LogP contribution < -0.4 is 10.6 Å². The van der Waals surface area contributed by atoms with Crippen LogP contribution in [0.5, 0.6) is 0 Å². The van der Waals surface area contributed by atoms with E-state index in [1.807, 2.05) is 79.4 Å². The van der Waals surface area contributed by atoms with Gasteiger partial charge in [0.15, 0.2) is 0 Å². The van der Waals surface area contributed by atoms with E-state index >= 15 is 0 Å². The number of carbonyl (C=O) groups is 1. The number of para-hydroxylation sites is 1. The highest BCUT2D eigenvalue weighted by molar-refractivity contribution is 6.30. The number of carbonyl (C=O) groups excluding carboxylic acids is 1. The first kappa shape index (κ1) is 22.9. The Hall–Kier alpha value is -2.34. The van der Waals surface area contributed by atoms with Crippen LogP contribution in [0.15, 0.2) is 60.8 Å².